The molecule has 26 heavy (non-hydrogen) atoms. The highest BCUT2D eigenvalue weighted by molar-refractivity contribution is 5.78. The van der Waals surface area contributed by atoms with Crippen LogP contribution in [0.3, 0.4) is 0 Å². The second kappa shape index (κ2) is 10.2. The molecule has 144 valence electrons. The molecule has 1 saturated heterocycles. The predicted molar refractivity (Wildman–Crippen MR) is 102 cm³/mol. The molecule has 1 heterocycles. The predicted octanol–water partition coefficient (Wildman–Crippen LogP) is 1.64. The van der Waals surface area contributed by atoms with Crippen LogP contribution >= 0.6 is 0 Å². The first-order valence-corrected chi connectivity index (χ1v) is 9.42. The summed E-state index contributed by atoms with van der Waals surface area (Å²) in [5.41, 5.74) is 1.12. The molecule has 0 spiro atoms. The summed E-state index contributed by atoms with van der Waals surface area (Å²) in [4.78, 5) is 30.4. The van der Waals surface area contributed by atoms with Gasteiger partial charge in [-0.1, -0.05) is 19.1 Å². The first-order chi connectivity index (χ1) is 12.5. The van der Waals surface area contributed by atoms with Crippen molar-refractivity contribution in [2.24, 2.45) is 0 Å². The maximum absolute atomic E-state index is 12.4. The van der Waals surface area contributed by atoms with Crippen molar-refractivity contribution in [2.75, 3.05) is 52.9 Å². The molecule has 1 aliphatic rings. The SMILES string of the molecule is CCN1CCN(C(=O)CCN(CCc2cccc(OC)c2)C(C)=O)CC1. The summed E-state index contributed by atoms with van der Waals surface area (Å²) in [5, 5.41) is 0. The molecule has 1 aliphatic heterocycles. The van der Waals surface area contributed by atoms with Gasteiger partial charge in [-0.05, 0) is 30.7 Å². The minimum Gasteiger partial charge on any atom is -0.497 e. The average Bonchev–Trinajstić information content (AvgIpc) is 2.67. The molecule has 0 N–H and O–H groups in total. The van der Waals surface area contributed by atoms with Gasteiger partial charge in [-0.2, -0.15) is 0 Å². The molecule has 2 rings (SSSR count). The molecule has 0 saturated carbocycles. The third-order valence-corrected chi connectivity index (χ3v) is 5.02. The molecule has 0 radical (unpaired) electrons. The van der Waals surface area contributed by atoms with Gasteiger partial charge in [0, 0.05) is 52.6 Å². The van der Waals surface area contributed by atoms with Crippen molar-refractivity contribution in [3.05, 3.63) is 29.8 Å². The van der Waals surface area contributed by atoms with E-state index in [0.717, 1.165) is 50.5 Å². The number of amides is 2. The number of hydrogen-bond acceptors (Lipinski definition) is 4. The van der Waals surface area contributed by atoms with Gasteiger partial charge in [-0.3, -0.25) is 9.59 Å². The van der Waals surface area contributed by atoms with E-state index in [2.05, 4.69) is 11.8 Å². The Labute approximate surface area is 156 Å². The third kappa shape index (κ3) is 6.02. The zero-order chi connectivity index (χ0) is 18.9. The molecular formula is C20H31N3O3. The van der Waals surface area contributed by atoms with E-state index in [9.17, 15) is 9.59 Å². The summed E-state index contributed by atoms with van der Waals surface area (Å²) in [6, 6.07) is 7.87. The molecule has 0 aromatic heterocycles. The van der Waals surface area contributed by atoms with E-state index in [1.54, 1.807) is 18.9 Å². The topological polar surface area (TPSA) is 53.1 Å². The molecular weight excluding hydrogens is 330 g/mol. The highest BCUT2D eigenvalue weighted by atomic mass is 16.5. The van der Waals surface area contributed by atoms with Crippen molar-refractivity contribution in [1.29, 1.82) is 0 Å². The summed E-state index contributed by atoms with van der Waals surface area (Å²) >= 11 is 0. The summed E-state index contributed by atoms with van der Waals surface area (Å²) in [6.07, 6.45) is 1.14. The van der Waals surface area contributed by atoms with Crippen molar-refractivity contribution in [3.63, 3.8) is 0 Å². The lowest BCUT2D eigenvalue weighted by Gasteiger charge is -2.34. The molecule has 2 amide bonds. The number of nitrogens with zero attached hydrogens (tertiary/aromatic N) is 3. The van der Waals surface area contributed by atoms with E-state index >= 15 is 0 Å². The number of piperazine rings is 1. The number of likely N-dealkylation sites (N-methyl/N-ethyl adjacent to an activating group) is 1. The summed E-state index contributed by atoms with van der Waals surface area (Å²) in [7, 11) is 1.65. The normalized spacial score (nSPS) is 15.0. The Morgan fingerprint density at radius 2 is 1.88 bits per heavy atom. The molecule has 0 unspecified atom stereocenters. The van der Waals surface area contributed by atoms with E-state index in [0.29, 0.717) is 19.5 Å². The lowest BCUT2D eigenvalue weighted by molar-refractivity contribution is -0.134. The van der Waals surface area contributed by atoms with Crippen LogP contribution in [0.5, 0.6) is 5.75 Å². The van der Waals surface area contributed by atoms with E-state index in [1.165, 1.54) is 0 Å². The lowest BCUT2D eigenvalue weighted by Crippen LogP contribution is -2.49. The maximum atomic E-state index is 12.4. The van der Waals surface area contributed by atoms with E-state index in [4.69, 9.17) is 4.74 Å². The number of ether oxygens (including phenoxy) is 1. The Hall–Kier alpha value is -2.08. The Morgan fingerprint density at radius 1 is 1.15 bits per heavy atom. The van der Waals surface area contributed by atoms with Crippen LogP contribution < -0.4 is 4.74 Å². The second-order valence-electron chi connectivity index (χ2n) is 6.67. The highest BCUT2D eigenvalue weighted by Gasteiger charge is 2.21. The highest BCUT2D eigenvalue weighted by Crippen LogP contribution is 2.13. The summed E-state index contributed by atoms with van der Waals surface area (Å²) in [6.45, 7) is 9.28. The number of carbonyl (C=O) groups excluding carboxylic acids is 2. The molecule has 0 atom stereocenters. The van der Waals surface area contributed by atoms with Crippen LogP contribution in [0.4, 0.5) is 0 Å². The fraction of sp³-hybridized carbons (Fsp3) is 0.600. The Morgan fingerprint density at radius 3 is 2.50 bits per heavy atom. The standard InChI is InChI=1S/C20H31N3O3/c1-4-21-12-14-23(15-13-21)20(25)9-11-22(17(2)24)10-8-18-6-5-7-19(16-18)26-3/h5-7,16H,4,8-15H2,1-3H3. The minimum atomic E-state index is 0.0106. The van der Waals surface area contributed by atoms with Crippen LogP contribution in [-0.4, -0.2) is 79.4 Å². The molecule has 6 nitrogen and oxygen atoms in total. The first-order valence-electron chi connectivity index (χ1n) is 9.42. The van der Waals surface area contributed by atoms with E-state index in [-0.39, 0.29) is 11.8 Å². The second-order valence-corrected chi connectivity index (χ2v) is 6.67. The molecule has 1 fully saturated rings. The largest absolute Gasteiger partial charge is 0.497 e. The lowest BCUT2D eigenvalue weighted by atomic mass is 10.1. The molecule has 0 bridgehead atoms. The average molecular weight is 361 g/mol. The molecule has 1 aromatic rings. The quantitative estimate of drug-likeness (QED) is 0.706. The third-order valence-electron chi connectivity index (χ3n) is 5.02. The van der Waals surface area contributed by atoms with E-state index < -0.39 is 0 Å². The van der Waals surface area contributed by atoms with Crippen molar-refractivity contribution >= 4 is 11.8 Å². The number of carbonyl (C=O) groups is 2. The first kappa shape index (κ1) is 20.2. The monoisotopic (exact) mass is 361 g/mol. The number of methoxy groups -OCH3 is 1. The van der Waals surface area contributed by atoms with Gasteiger partial charge in [0.2, 0.25) is 11.8 Å². The summed E-state index contributed by atoms with van der Waals surface area (Å²) < 4.78 is 5.24. The van der Waals surface area contributed by atoms with Crippen molar-refractivity contribution in [2.45, 2.75) is 26.7 Å². The van der Waals surface area contributed by atoms with Crippen molar-refractivity contribution in [1.82, 2.24) is 14.7 Å². The number of hydrogen-bond donors (Lipinski definition) is 0. The van der Waals surface area contributed by atoms with E-state index in [1.807, 2.05) is 29.2 Å². The van der Waals surface area contributed by atoms with Crippen LogP contribution in [0.15, 0.2) is 24.3 Å². The number of rotatable bonds is 8. The van der Waals surface area contributed by atoms with Crippen LogP contribution in [0, 0.1) is 0 Å². The van der Waals surface area contributed by atoms with Crippen molar-refractivity contribution < 1.29 is 14.3 Å². The van der Waals surface area contributed by atoms with Crippen LogP contribution in [0.2, 0.25) is 0 Å². The van der Waals surface area contributed by atoms with Gasteiger partial charge in [-0.25, -0.2) is 0 Å². The fourth-order valence-corrected chi connectivity index (χ4v) is 3.22. The zero-order valence-electron chi connectivity index (χ0n) is 16.2. The van der Waals surface area contributed by atoms with Gasteiger partial charge in [-0.15, -0.1) is 0 Å². The minimum absolute atomic E-state index is 0.0106. The van der Waals surface area contributed by atoms with Crippen LogP contribution in [0.25, 0.3) is 0 Å². The fourth-order valence-electron chi connectivity index (χ4n) is 3.22. The smallest absolute Gasteiger partial charge is 0.224 e. The van der Waals surface area contributed by atoms with Crippen molar-refractivity contribution in [3.8, 4) is 5.75 Å². The van der Waals surface area contributed by atoms with Crippen LogP contribution in [0.1, 0.15) is 25.8 Å². The molecule has 0 aliphatic carbocycles. The summed E-state index contributed by atoms with van der Waals surface area (Å²) in [5.74, 6) is 0.975. The van der Waals surface area contributed by atoms with Gasteiger partial charge in [0.25, 0.3) is 0 Å². The van der Waals surface area contributed by atoms with Gasteiger partial charge in [0.05, 0.1) is 7.11 Å². The zero-order valence-corrected chi connectivity index (χ0v) is 16.2. The maximum Gasteiger partial charge on any atom is 0.224 e. The van der Waals surface area contributed by atoms with Gasteiger partial charge in [0.1, 0.15) is 5.75 Å². The molecule has 1 aromatic carbocycles. The van der Waals surface area contributed by atoms with Gasteiger partial charge in [0.15, 0.2) is 0 Å². The Balaban J connectivity index is 1.80. The Kier molecular flexibility index (Phi) is 7.91. The van der Waals surface area contributed by atoms with Gasteiger partial charge >= 0.3 is 0 Å². The Bertz CT molecular complexity index is 598. The number of benzene rings is 1. The van der Waals surface area contributed by atoms with Gasteiger partial charge < -0.3 is 19.4 Å². The van der Waals surface area contributed by atoms with Crippen LogP contribution in [-0.2, 0) is 16.0 Å². The molecule has 6 heteroatoms.